The zero-order chi connectivity index (χ0) is 16.5. The van der Waals surface area contributed by atoms with Crippen molar-refractivity contribution in [1.82, 2.24) is 19.6 Å². The Morgan fingerprint density at radius 3 is 2.62 bits per heavy atom. The zero-order valence-corrected chi connectivity index (χ0v) is 13.4. The summed E-state index contributed by atoms with van der Waals surface area (Å²) in [4.78, 5) is 28.5. The molecule has 6 heteroatoms. The van der Waals surface area contributed by atoms with E-state index in [-0.39, 0.29) is 23.8 Å². The van der Waals surface area contributed by atoms with Crippen LogP contribution in [0.2, 0.25) is 0 Å². The van der Waals surface area contributed by atoms with Crippen LogP contribution < -0.4 is 0 Å². The molecule has 124 valence electrons. The fraction of sp³-hybridized carbons (Fsp3) is 0.389. The van der Waals surface area contributed by atoms with Gasteiger partial charge in [0, 0.05) is 45.0 Å². The Labute approximate surface area is 140 Å². The first-order valence-corrected chi connectivity index (χ1v) is 8.30. The van der Waals surface area contributed by atoms with Crippen molar-refractivity contribution in [3.05, 3.63) is 54.4 Å². The summed E-state index contributed by atoms with van der Waals surface area (Å²) < 4.78 is 1.89. The Hall–Kier alpha value is -2.63. The molecule has 1 aromatic carbocycles. The molecule has 2 aliphatic rings. The lowest BCUT2D eigenvalue weighted by Crippen LogP contribution is -2.53. The molecule has 0 saturated carbocycles. The van der Waals surface area contributed by atoms with E-state index in [0.29, 0.717) is 32.6 Å². The molecule has 2 saturated heterocycles. The van der Waals surface area contributed by atoms with Gasteiger partial charge in [0.05, 0.1) is 12.0 Å². The zero-order valence-electron chi connectivity index (χ0n) is 13.4. The maximum atomic E-state index is 12.6. The summed E-state index contributed by atoms with van der Waals surface area (Å²) >= 11 is 0. The quantitative estimate of drug-likeness (QED) is 0.852. The minimum atomic E-state index is -0.209. The molecule has 0 radical (unpaired) electrons. The number of nitrogens with zero attached hydrogens (tertiary/aromatic N) is 4. The highest BCUT2D eigenvalue weighted by molar-refractivity contribution is 5.89. The predicted octanol–water partition coefficient (Wildman–Crippen LogP) is 1.32. The topological polar surface area (TPSA) is 58.4 Å². The standard InChI is InChI=1S/C18H20N4O2/c23-17-9-15(11-20(17)10-14-5-2-1-3-6-14)18(24)21-12-16(13-21)22-8-4-7-19-22/h1-8,15-16H,9-13H2. The summed E-state index contributed by atoms with van der Waals surface area (Å²) in [5, 5.41) is 4.22. The number of aromatic nitrogens is 2. The van der Waals surface area contributed by atoms with E-state index in [9.17, 15) is 9.59 Å². The van der Waals surface area contributed by atoms with E-state index < -0.39 is 0 Å². The van der Waals surface area contributed by atoms with Crippen LogP contribution in [0.15, 0.2) is 48.8 Å². The number of hydrogen-bond donors (Lipinski definition) is 0. The highest BCUT2D eigenvalue weighted by Gasteiger charge is 2.40. The SMILES string of the molecule is O=C1CC(C(=O)N2CC(n3cccn3)C2)CN1Cc1ccccc1. The lowest BCUT2D eigenvalue weighted by atomic mass is 10.0. The largest absolute Gasteiger partial charge is 0.338 e. The van der Waals surface area contributed by atoms with Gasteiger partial charge in [0.2, 0.25) is 11.8 Å². The van der Waals surface area contributed by atoms with Crippen LogP contribution in [0.1, 0.15) is 18.0 Å². The Balaban J connectivity index is 1.33. The molecular weight excluding hydrogens is 304 g/mol. The molecule has 3 heterocycles. The van der Waals surface area contributed by atoms with Crippen LogP contribution in [-0.2, 0) is 16.1 Å². The second-order valence-corrected chi connectivity index (χ2v) is 6.54. The minimum Gasteiger partial charge on any atom is -0.338 e. The molecule has 2 amide bonds. The molecular formula is C18H20N4O2. The van der Waals surface area contributed by atoms with Crippen molar-refractivity contribution in [3.63, 3.8) is 0 Å². The Morgan fingerprint density at radius 1 is 1.12 bits per heavy atom. The van der Waals surface area contributed by atoms with Crippen molar-refractivity contribution in [2.24, 2.45) is 5.92 Å². The van der Waals surface area contributed by atoms with Gasteiger partial charge in [-0.3, -0.25) is 14.3 Å². The highest BCUT2D eigenvalue weighted by atomic mass is 16.2. The lowest BCUT2D eigenvalue weighted by Gasteiger charge is -2.40. The molecule has 0 spiro atoms. The monoisotopic (exact) mass is 324 g/mol. The first-order valence-electron chi connectivity index (χ1n) is 8.30. The molecule has 1 atom stereocenters. The molecule has 2 aliphatic heterocycles. The van der Waals surface area contributed by atoms with Crippen LogP contribution in [0.3, 0.4) is 0 Å². The lowest BCUT2D eigenvalue weighted by molar-refractivity contribution is -0.141. The maximum Gasteiger partial charge on any atom is 0.228 e. The number of benzene rings is 1. The van der Waals surface area contributed by atoms with Gasteiger partial charge in [0.25, 0.3) is 0 Å². The number of likely N-dealkylation sites (tertiary alicyclic amines) is 2. The summed E-state index contributed by atoms with van der Waals surface area (Å²) in [5.74, 6) is -0.0385. The molecule has 24 heavy (non-hydrogen) atoms. The van der Waals surface area contributed by atoms with Crippen molar-refractivity contribution in [2.75, 3.05) is 19.6 Å². The molecule has 2 fully saturated rings. The number of carbonyl (C=O) groups is 2. The highest BCUT2D eigenvalue weighted by Crippen LogP contribution is 2.27. The van der Waals surface area contributed by atoms with Crippen LogP contribution >= 0.6 is 0 Å². The van der Waals surface area contributed by atoms with Crippen molar-refractivity contribution in [3.8, 4) is 0 Å². The summed E-state index contributed by atoms with van der Waals surface area (Å²) in [6.07, 6.45) is 4.00. The van der Waals surface area contributed by atoms with E-state index in [4.69, 9.17) is 0 Å². The van der Waals surface area contributed by atoms with Gasteiger partial charge in [-0.05, 0) is 11.6 Å². The summed E-state index contributed by atoms with van der Waals surface area (Å²) in [6, 6.07) is 12.1. The first-order chi connectivity index (χ1) is 11.7. The van der Waals surface area contributed by atoms with E-state index in [1.54, 1.807) is 11.1 Å². The molecule has 0 N–H and O–H groups in total. The second kappa shape index (κ2) is 6.11. The average Bonchev–Trinajstić information content (AvgIpc) is 3.18. The van der Waals surface area contributed by atoms with E-state index in [2.05, 4.69) is 5.10 Å². The van der Waals surface area contributed by atoms with Gasteiger partial charge in [-0.25, -0.2) is 0 Å². The number of carbonyl (C=O) groups excluding carboxylic acids is 2. The average molecular weight is 324 g/mol. The molecule has 1 unspecified atom stereocenters. The Morgan fingerprint density at radius 2 is 1.92 bits per heavy atom. The molecule has 4 rings (SSSR count). The number of rotatable bonds is 4. The third kappa shape index (κ3) is 2.79. The van der Waals surface area contributed by atoms with Crippen molar-refractivity contribution >= 4 is 11.8 Å². The number of hydrogen-bond acceptors (Lipinski definition) is 3. The van der Waals surface area contributed by atoms with Gasteiger partial charge < -0.3 is 9.80 Å². The van der Waals surface area contributed by atoms with Gasteiger partial charge in [0.1, 0.15) is 0 Å². The van der Waals surface area contributed by atoms with Crippen molar-refractivity contribution < 1.29 is 9.59 Å². The second-order valence-electron chi connectivity index (χ2n) is 6.54. The summed E-state index contributed by atoms with van der Waals surface area (Å²) in [7, 11) is 0. The fourth-order valence-corrected chi connectivity index (χ4v) is 3.45. The van der Waals surface area contributed by atoms with Crippen LogP contribution in [-0.4, -0.2) is 51.0 Å². The third-order valence-electron chi connectivity index (χ3n) is 4.85. The van der Waals surface area contributed by atoms with Crippen molar-refractivity contribution in [1.29, 1.82) is 0 Å². The van der Waals surface area contributed by atoms with Gasteiger partial charge in [0.15, 0.2) is 0 Å². The van der Waals surface area contributed by atoms with E-state index in [1.165, 1.54) is 0 Å². The van der Waals surface area contributed by atoms with Crippen LogP contribution in [0.25, 0.3) is 0 Å². The summed E-state index contributed by atoms with van der Waals surface area (Å²) in [5.41, 5.74) is 1.10. The molecule has 2 aromatic rings. The third-order valence-corrected chi connectivity index (χ3v) is 4.85. The van der Waals surface area contributed by atoms with Gasteiger partial charge in [-0.2, -0.15) is 5.10 Å². The van der Waals surface area contributed by atoms with Crippen LogP contribution in [0.5, 0.6) is 0 Å². The predicted molar refractivity (Wildman–Crippen MR) is 87.8 cm³/mol. The van der Waals surface area contributed by atoms with E-state index in [0.717, 1.165) is 5.56 Å². The van der Waals surface area contributed by atoms with E-state index >= 15 is 0 Å². The molecule has 6 nitrogen and oxygen atoms in total. The number of amides is 2. The Kier molecular flexibility index (Phi) is 3.80. The maximum absolute atomic E-state index is 12.6. The molecule has 1 aromatic heterocycles. The summed E-state index contributed by atoms with van der Waals surface area (Å²) in [6.45, 7) is 2.47. The van der Waals surface area contributed by atoms with Gasteiger partial charge in [-0.15, -0.1) is 0 Å². The molecule has 0 bridgehead atoms. The van der Waals surface area contributed by atoms with Gasteiger partial charge in [-0.1, -0.05) is 30.3 Å². The first kappa shape index (κ1) is 14.9. The van der Waals surface area contributed by atoms with Crippen molar-refractivity contribution in [2.45, 2.75) is 19.0 Å². The fourth-order valence-electron chi connectivity index (χ4n) is 3.45. The smallest absolute Gasteiger partial charge is 0.228 e. The Bertz CT molecular complexity index is 723. The van der Waals surface area contributed by atoms with Gasteiger partial charge >= 0.3 is 0 Å². The minimum absolute atomic E-state index is 0.0707. The van der Waals surface area contributed by atoms with E-state index in [1.807, 2.05) is 52.2 Å². The van der Waals surface area contributed by atoms with Crippen LogP contribution in [0, 0.1) is 5.92 Å². The molecule has 0 aliphatic carbocycles. The van der Waals surface area contributed by atoms with Crippen LogP contribution in [0.4, 0.5) is 0 Å². The normalized spacial score (nSPS) is 21.2.